The number of hydrogen-bond donors (Lipinski definition) is 1. The topological polar surface area (TPSA) is 53.7 Å². The number of carbonyl (C=O) groups is 1. The first-order valence-corrected chi connectivity index (χ1v) is 7.15. The minimum Gasteiger partial charge on any atom is -0.455 e. The van der Waals surface area contributed by atoms with Crippen LogP contribution in [0.3, 0.4) is 0 Å². The van der Waals surface area contributed by atoms with E-state index in [9.17, 15) is 9.90 Å². The summed E-state index contributed by atoms with van der Waals surface area (Å²) < 4.78 is 5.48. The molecule has 2 rings (SSSR count). The number of furan rings is 1. The fourth-order valence-electron chi connectivity index (χ4n) is 2.01. The lowest BCUT2D eigenvalue weighted by Gasteiger charge is -2.29. The second-order valence-corrected chi connectivity index (χ2v) is 5.11. The van der Waals surface area contributed by atoms with Crippen molar-refractivity contribution < 1.29 is 14.3 Å². The smallest absolute Gasteiger partial charge is 0.289 e. The summed E-state index contributed by atoms with van der Waals surface area (Å²) in [5.41, 5.74) is 0. The number of piperidine rings is 1. The number of likely N-dealkylation sites (tertiary alicyclic amines) is 1. The largest absolute Gasteiger partial charge is 0.455 e. The SMILES string of the molecule is CSCc1ccc(C(=O)N2CCC[C@H](O)C2)o1. The molecule has 2 heterocycles. The lowest BCUT2D eigenvalue weighted by molar-refractivity contribution is 0.0447. The van der Waals surface area contributed by atoms with Crippen LogP contribution >= 0.6 is 11.8 Å². The standard InChI is InChI=1S/C12H17NO3S/c1-17-8-10-4-5-11(16-10)12(15)13-6-2-3-9(14)7-13/h4-5,9,14H,2-3,6-8H2,1H3/t9-/m0/s1. The molecule has 1 aliphatic rings. The summed E-state index contributed by atoms with van der Waals surface area (Å²) in [6.45, 7) is 1.12. The summed E-state index contributed by atoms with van der Waals surface area (Å²) >= 11 is 1.66. The first-order valence-electron chi connectivity index (χ1n) is 5.75. The van der Waals surface area contributed by atoms with Gasteiger partial charge in [0.15, 0.2) is 5.76 Å². The van der Waals surface area contributed by atoms with E-state index in [2.05, 4.69) is 0 Å². The van der Waals surface area contributed by atoms with Gasteiger partial charge in [0.1, 0.15) is 5.76 Å². The second kappa shape index (κ2) is 5.60. The van der Waals surface area contributed by atoms with Crippen molar-refractivity contribution in [3.63, 3.8) is 0 Å². The number of nitrogens with zero attached hydrogens (tertiary/aromatic N) is 1. The van der Waals surface area contributed by atoms with Crippen molar-refractivity contribution in [2.45, 2.75) is 24.7 Å². The molecule has 1 atom stereocenters. The highest BCUT2D eigenvalue weighted by molar-refractivity contribution is 7.97. The lowest BCUT2D eigenvalue weighted by Crippen LogP contribution is -2.42. The van der Waals surface area contributed by atoms with Crippen LogP contribution in [0.1, 0.15) is 29.2 Å². The quantitative estimate of drug-likeness (QED) is 0.894. The zero-order valence-corrected chi connectivity index (χ0v) is 10.7. The van der Waals surface area contributed by atoms with E-state index < -0.39 is 6.10 Å². The van der Waals surface area contributed by atoms with Crippen LogP contribution in [0.2, 0.25) is 0 Å². The third-order valence-electron chi connectivity index (χ3n) is 2.84. The Morgan fingerprint density at radius 3 is 3.18 bits per heavy atom. The van der Waals surface area contributed by atoms with Gasteiger partial charge in [-0.2, -0.15) is 11.8 Å². The van der Waals surface area contributed by atoms with E-state index in [-0.39, 0.29) is 5.91 Å². The molecule has 1 aliphatic heterocycles. The van der Waals surface area contributed by atoms with E-state index in [1.807, 2.05) is 12.3 Å². The fourth-order valence-corrected chi connectivity index (χ4v) is 2.45. The Morgan fingerprint density at radius 1 is 1.65 bits per heavy atom. The van der Waals surface area contributed by atoms with Crippen molar-refractivity contribution in [2.75, 3.05) is 19.3 Å². The van der Waals surface area contributed by atoms with Gasteiger partial charge in [-0.25, -0.2) is 0 Å². The molecular weight excluding hydrogens is 238 g/mol. The molecule has 0 spiro atoms. The average Bonchev–Trinajstić information content (AvgIpc) is 2.77. The lowest BCUT2D eigenvalue weighted by atomic mass is 10.1. The Kier molecular flexibility index (Phi) is 4.12. The van der Waals surface area contributed by atoms with Gasteiger partial charge in [-0.1, -0.05) is 0 Å². The molecule has 0 aromatic carbocycles. The van der Waals surface area contributed by atoms with Gasteiger partial charge in [-0.3, -0.25) is 4.79 Å². The van der Waals surface area contributed by atoms with Crippen LogP contribution in [0.15, 0.2) is 16.5 Å². The van der Waals surface area contributed by atoms with Crippen LogP contribution in [-0.2, 0) is 5.75 Å². The van der Waals surface area contributed by atoms with Crippen LogP contribution < -0.4 is 0 Å². The van der Waals surface area contributed by atoms with E-state index in [1.54, 1.807) is 22.7 Å². The van der Waals surface area contributed by atoms with Gasteiger partial charge >= 0.3 is 0 Å². The molecule has 1 amide bonds. The number of aliphatic hydroxyl groups excluding tert-OH is 1. The molecule has 1 N–H and O–H groups in total. The van der Waals surface area contributed by atoms with Gasteiger partial charge < -0.3 is 14.4 Å². The average molecular weight is 255 g/mol. The highest BCUT2D eigenvalue weighted by Gasteiger charge is 2.24. The third-order valence-corrected chi connectivity index (χ3v) is 3.42. The van der Waals surface area contributed by atoms with Gasteiger partial charge in [-0.15, -0.1) is 0 Å². The molecular formula is C12H17NO3S. The first kappa shape index (κ1) is 12.5. The van der Waals surface area contributed by atoms with E-state index in [0.29, 0.717) is 18.8 Å². The highest BCUT2D eigenvalue weighted by Crippen LogP contribution is 2.17. The number of aliphatic hydroxyl groups is 1. The van der Waals surface area contributed by atoms with E-state index in [1.165, 1.54) is 0 Å². The van der Waals surface area contributed by atoms with Crippen molar-refractivity contribution in [1.82, 2.24) is 4.90 Å². The fraction of sp³-hybridized carbons (Fsp3) is 0.583. The second-order valence-electron chi connectivity index (χ2n) is 4.25. The van der Waals surface area contributed by atoms with E-state index >= 15 is 0 Å². The van der Waals surface area contributed by atoms with Crippen LogP contribution in [-0.4, -0.2) is 41.4 Å². The van der Waals surface area contributed by atoms with Crippen LogP contribution in [0.4, 0.5) is 0 Å². The van der Waals surface area contributed by atoms with Gasteiger partial charge in [0, 0.05) is 13.1 Å². The molecule has 1 aromatic heterocycles. The van der Waals surface area contributed by atoms with Gasteiger partial charge in [0.2, 0.25) is 0 Å². The zero-order valence-electron chi connectivity index (χ0n) is 9.89. The monoisotopic (exact) mass is 255 g/mol. The summed E-state index contributed by atoms with van der Waals surface area (Å²) in [5, 5.41) is 9.54. The summed E-state index contributed by atoms with van der Waals surface area (Å²) in [6.07, 6.45) is 3.23. The number of amides is 1. The normalized spacial score (nSPS) is 20.6. The van der Waals surface area contributed by atoms with Crippen molar-refractivity contribution in [3.8, 4) is 0 Å². The molecule has 1 aromatic rings. The van der Waals surface area contributed by atoms with Gasteiger partial charge in [-0.05, 0) is 31.2 Å². The molecule has 1 fully saturated rings. The molecule has 0 radical (unpaired) electrons. The third kappa shape index (κ3) is 3.04. The number of thioether (sulfide) groups is 1. The Balaban J connectivity index is 2.02. The molecule has 94 valence electrons. The minimum atomic E-state index is -0.395. The molecule has 4 nitrogen and oxygen atoms in total. The Bertz CT molecular complexity index is 391. The number of rotatable bonds is 3. The van der Waals surface area contributed by atoms with Crippen molar-refractivity contribution >= 4 is 17.7 Å². The predicted molar refractivity (Wildman–Crippen MR) is 67.1 cm³/mol. The van der Waals surface area contributed by atoms with Crippen molar-refractivity contribution in [1.29, 1.82) is 0 Å². The van der Waals surface area contributed by atoms with Crippen LogP contribution in [0.5, 0.6) is 0 Å². The van der Waals surface area contributed by atoms with Gasteiger partial charge in [0.25, 0.3) is 5.91 Å². The van der Waals surface area contributed by atoms with Crippen LogP contribution in [0, 0.1) is 0 Å². The van der Waals surface area contributed by atoms with E-state index in [4.69, 9.17) is 4.42 Å². The molecule has 0 aliphatic carbocycles. The van der Waals surface area contributed by atoms with Crippen molar-refractivity contribution in [3.05, 3.63) is 23.7 Å². The number of hydrogen-bond acceptors (Lipinski definition) is 4. The maximum absolute atomic E-state index is 12.1. The molecule has 5 heteroatoms. The minimum absolute atomic E-state index is 0.115. The van der Waals surface area contributed by atoms with Crippen LogP contribution in [0.25, 0.3) is 0 Å². The Hall–Kier alpha value is -0.940. The highest BCUT2D eigenvalue weighted by atomic mass is 32.2. The molecule has 17 heavy (non-hydrogen) atoms. The summed E-state index contributed by atoms with van der Waals surface area (Å²) in [5.74, 6) is 1.85. The molecule has 0 unspecified atom stereocenters. The zero-order chi connectivity index (χ0) is 12.3. The summed E-state index contributed by atoms with van der Waals surface area (Å²) in [7, 11) is 0. The summed E-state index contributed by atoms with van der Waals surface area (Å²) in [4.78, 5) is 13.7. The maximum atomic E-state index is 12.1. The van der Waals surface area contributed by atoms with Crippen molar-refractivity contribution in [2.24, 2.45) is 0 Å². The maximum Gasteiger partial charge on any atom is 0.289 e. The van der Waals surface area contributed by atoms with E-state index in [0.717, 1.165) is 24.4 Å². The first-order chi connectivity index (χ1) is 8.20. The number of β-amino-alcohol motifs (C(OH)–C–C–N with tert-alkyl or cyclic N) is 1. The molecule has 0 saturated carbocycles. The predicted octanol–water partition coefficient (Wildman–Crippen LogP) is 1.74. The Morgan fingerprint density at radius 2 is 2.47 bits per heavy atom. The number of carbonyl (C=O) groups excluding carboxylic acids is 1. The van der Waals surface area contributed by atoms with Gasteiger partial charge in [0.05, 0.1) is 11.9 Å². The Labute approximate surface area is 105 Å². The molecule has 1 saturated heterocycles. The molecule has 0 bridgehead atoms. The summed E-state index contributed by atoms with van der Waals surface area (Å²) in [6, 6.07) is 3.55.